The molecule has 0 N–H and O–H groups in total. The summed E-state index contributed by atoms with van der Waals surface area (Å²) in [5.74, 6) is -0.272. The summed E-state index contributed by atoms with van der Waals surface area (Å²) in [6, 6.07) is 12.4. The molecule has 4 rings (SSSR count). The van der Waals surface area contributed by atoms with Crippen LogP contribution in [0.3, 0.4) is 0 Å². The molecule has 0 saturated heterocycles. The molecule has 2 aromatic carbocycles. The van der Waals surface area contributed by atoms with Gasteiger partial charge in [0.05, 0.1) is 34.3 Å². The van der Waals surface area contributed by atoms with Crippen LogP contribution in [0.1, 0.15) is 35.6 Å². The number of hydrogen-bond donors (Lipinski definition) is 0. The Balaban J connectivity index is 2.00. The Kier molecular flexibility index (Phi) is 5.94. The van der Waals surface area contributed by atoms with Crippen molar-refractivity contribution in [3.63, 3.8) is 0 Å². The third-order valence-corrected chi connectivity index (χ3v) is 7.05. The van der Waals surface area contributed by atoms with Crippen LogP contribution in [-0.2, 0) is 21.3 Å². The van der Waals surface area contributed by atoms with Gasteiger partial charge in [-0.15, -0.1) is 0 Å². The number of hydrogen-bond acceptors (Lipinski definition) is 6. The molecule has 1 heterocycles. The van der Waals surface area contributed by atoms with Crippen LogP contribution in [0.2, 0.25) is 0 Å². The molecule has 0 bridgehead atoms. The van der Waals surface area contributed by atoms with Gasteiger partial charge in [-0.2, -0.15) is 10.5 Å². The van der Waals surface area contributed by atoms with Crippen LogP contribution < -0.4 is 4.90 Å². The minimum Gasteiger partial charge on any atom is -0.299 e. The standard InChI is InChI=1S/C24H19FN4O4S/c1-34(32,33)21-12-16(14-27)5-6-18(21)23-22-19(7-8-20(22)30)29(24(31)28(23)10-9-26)17-4-2-3-15(11-17)13-25/h2-6,11-12,23H,7-8,10,13H2,1H3/t23-/m1/s1. The van der Waals surface area contributed by atoms with Crippen molar-refractivity contribution >= 4 is 27.3 Å². The number of ketones is 1. The molecule has 2 amide bonds. The lowest BCUT2D eigenvalue weighted by atomic mass is 9.92. The summed E-state index contributed by atoms with van der Waals surface area (Å²) in [5, 5.41) is 18.7. The van der Waals surface area contributed by atoms with Gasteiger partial charge in [0.2, 0.25) is 0 Å². The first-order valence-corrected chi connectivity index (χ1v) is 12.2. The molecule has 34 heavy (non-hydrogen) atoms. The van der Waals surface area contributed by atoms with E-state index in [-0.39, 0.29) is 40.2 Å². The van der Waals surface area contributed by atoms with Crippen molar-refractivity contribution in [2.45, 2.75) is 30.5 Å². The van der Waals surface area contributed by atoms with Gasteiger partial charge >= 0.3 is 6.03 Å². The molecular weight excluding hydrogens is 459 g/mol. The maximum Gasteiger partial charge on any atom is 0.330 e. The first kappa shape index (κ1) is 23.1. The van der Waals surface area contributed by atoms with Crippen LogP contribution in [0.15, 0.2) is 58.6 Å². The minimum absolute atomic E-state index is 0.106. The number of alkyl halides is 1. The first-order valence-electron chi connectivity index (χ1n) is 10.3. The number of benzene rings is 2. The van der Waals surface area contributed by atoms with E-state index in [1.807, 2.05) is 12.1 Å². The molecule has 0 unspecified atom stereocenters. The third kappa shape index (κ3) is 3.82. The van der Waals surface area contributed by atoms with Crippen molar-refractivity contribution < 1.29 is 22.4 Å². The smallest absolute Gasteiger partial charge is 0.299 e. The summed E-state index contributed by atoms with van der Waals surface area (Å²) in [5.41, 5.74) is 1.56. The van der Waals surface area contributed by atoms with E-state index in [1.54, 1.807) is 18.2 Å². The van der Waals surface area contributed by atoms with E-state index >= 15 is 0 Å². The topological polar surface area (TPSA) is 122 Å². The highest BCUT2D eigenvalue weighted by molar-refractivity contribution is 7.90. The zero-order chi connectivity index (χ0) is 24.6. The number of nitrogens with zero attached hydrogens (tertiary/aromatic N) is 4. The monoisotopic (exact) mass is 478 g/mol. The van der Waals surface area contributed by atoms with Crippen molar-refractivity contribution in [1.82, 2.24) is 4.90 Å². The summed E-state index contributed by atoms with van der Waals surface area (Å²) < 4.78 is 38.5. The molecule has 8 nitrogen and oxygen atoms in total. The number of carbonyl (C=O) groups is 2. The molecule has 0 saturated carbocycles. The molecular formula is C24H19FN4O4S. The summed E-state index contributed by atoms with van der Waals surface area (Å²) in [4.78, 5) is 29.0. The van der Waals surface area contributed by atoms with E-state index in [0.29, 0.717) is 16.9 Å². The Bertz CT molecular complexity index is 1440. The van der Waals surface area contributed by atoms with E-state index in [0.717, 1.165) is 11.2 Å². The molecule has 10 heteroatoms. The Morgan fingerprint density at radius 3 is 2.53 bits per heavy atom. The Morgan fingerprint density at radius 2 is 1.88 bits per heavy atom. The minimum atomic E-state index is -3.85. The fourth-order valence-corrected chi connectivity index (χ4v) is 5.42. The van der Waals surface area contributed by atoms with Gasteiger partial charge in [-0.1, -0.05) is 18.2 Å². The highest BCUT2D eigenvalue weighted by Crippen LogP contribution is 2.46. The first-order chi connectivity index (χ1) is 16.2. The average Bonchev–Trinajstić information content (AvgIpc) is 3.19. The molecule has 0 fully saturated rings. The Labute approximate surface area is 196 Å². The van der Waals surface area contributed by atoms with E-state index in [9.17, 15) is 32.9 Å². The number of urea groups is 1. The normalized spacial score (nSPS) is 18.1. The van der Waals surface area contributed by atoms with Gasteiger partial charge in [0.25, 0.3) is 0 Å². The number of halogens is 1. The van der Waals surface area contributed by atoms with Gasteiger partial charge in [-0.05, 0) is 41.8 Å². The van der Waals surface area contributed by atoms with Crippen molar-refractivity contribution in [2.24, 2.45) is 0 Å². The van der Waals surface area contributed by atoms with Gasteiger partial charge in [0, 0.05) is 23.9 Å². The molecule has 0 aromatic heterocycles. The maximum absolute atomic E-state index is 13.7. The number of allylic oxidation sites excluding steroid dienone is 1. The van der Waals surface area contributed by atoms with Crippen LogP contribution in [0.5, 0.6) is 0 Å². The summed E-state index contributed by atoms with van der Waals surface area (Å²) >= 11 is 0. The second kappa shape index (κ2) is 8.73. The second-order valence-corrected chi connectivity index (χ2v) is 10.0. The van der Waals surface area contributed by atoms with E-state index in [2.05, 4.69) is 0 Å². The van der Waals surface area contributed by atoms with Crippen LogP contribution in [0.4, 0.5) is 14.9 Å². The van der Waals surface area contributed by atoms with E-state index < -0.39 is 35.1 Å². The third-order valence-electron chi connectivity index (χ3n) is 5.89. The summed E-state index contributed by atoms with van der Waals surface area (Å²) in [6.07, 6.45) is 1.33. The highest BCUT2D eigenvalue weighted by atomic mass is 32.2. The van der Waals surface area contributed by atoms with Gasteiger partial charge in [-0.25, -0.2) is 17.6 Å². The number of Topliss-reactive ketones (excluding diaryl/α,β-unsaturated/α-hetero) is 1. The van der Waals surface area contributed by atoms with Gasteiger partial charge in [0.15, 0.2) is 15.6 Å². The van der Waals surface area contributed by atoms with Crippen molar-refractivity contribution in [1.29, 1.82) is 10.5 Å². The molecule has 0 radical (unpaired) electrons. The lowest BCUT2D eigenvalue weighted by Crippen LogP contribution is -2.50. The van der Waals surface area contributed by atoms with Gasteiger partial charge in [0.1, 0.15) is 13.2 Å². The molecule has 1 aliphatic heterocycles. The number of sulfone groups is 1. The molecule has 1 aliphatic carbocycles. The zero-order valence-corrected chi connectivity index (χ0v) is 19.0. The number of amides is 2. The summed E-state index contributed by atoms with van der Waals surface area (Å²) in [6.45, 7) is -1.16. The number of rotatable bonds is 5. The molecule has 172 valence electrons. The Hall–Kier alpha value is -4.02. The molecule has 2 aromatic rings. The van der Waals surface area contributed by atoms with Crippen molar-refractivity contribution in [3.05, 3.63) is 70.4 Å². The predicted octanol–water partition coefficient (Wildman–Crippen LogP) is 3.56. The van der Waals surface area contributed by atoms with E-state index in [1.165, 1.54) is 29.2 Å². The van der Waals surface area contributed by atoms with Gasteiger partial charge < -0.3 is 0 Å². The quantitative estimate of drug-likeness (QED) is 0.606. The molecule has 2 aliphatic rings. The lowest BCUT2D eigenvalue weighted by Gasteiger charge is -2.41. The van der Waals surface area contributed by atoms with Crippen molar-refractivity contribution in [2.75, 3.05) is 17.7 Å². The van der Waals surface area contributed by atoms with Gasteiger partial charge in [-0.3, -0.25) is 14.6 Å². The highest BCUT2D eigenvalue weighted by Gasteiger charge is 2.47. The number of anilines is 1. The zero-order valence-electron chi connectivity index (χ0n) is 18.2. The largest absolute Gasteiger partial charge is 0.330 e. The fourth-order valence-electron chi connectivity index (χ4n) is 4.47. The molecule has 1 atom stereocenters. The van der Waals surface area contributed by atoms with Crippen LogP contribution in [0, 0.1) is 22.7 Å². The lowest BCUT2D eigenvalue weighted by molar-refractivity contribution is -0.115. The van der Waals surface area contributed by atoms with Crippen molar-refractivity contribution in [3.8, 4) is 12.1 Å². The SMILES string of the molecule is CS(=O)(=O)c1cc(C#N)ccc1[C@@H]1C2=C(CCC2=O)N(c2cccc(CF)c2)C(=O)N1CC#N. The predicted molar refractivity (Wildman–Crippen MR) is 120 cm³/mol. The van der Waals surface area contributed by atoms with Crippen LogP contribution in [-0.4, -0.2) is 37.9 Å². The fraction of sp³-hybridized carbons (Fsp3) is 0.250. The second-order valence-electron chi connectivity index (χ2n) is 8.03. The maximum atomic E-state index is 13.7. The van der Waals surface area contributed by atoms with Crippen LogP contribution >= 0.6 is 0 Å². The van der Waals surface area contributed by atoms with E-state index in [4.69, 9.17) is 0 Å². The molecule has 0 spiro atoms. The average molecular weight is 479 g/mol. The summed E-state index contributed by atoms with van der Waals surface area (Å²) in [7, 11) is -3.85. The number of carbonyl (C=O) groups excluding carboxylic acids is 2. The number of nitriles is 2. The van der Waals surface area contributed by atoms with Crippen LogP contribution in [0.25, 0.3) is 0 Å². The Morgan fingerprint density at radius 1 is 1.12 bits per heavy atom.